The van der Waals surface area contributed by atoms with Crippen LogP contribution in [0.4, 0.5) is 0 Å². The van der Waals surface area contributed by atoms with Gasteiger partial charge in [-0.05, 0) is 52.0 Å². The van der Waals surface area contributed by atoms with Gasteiger partial charge in [0.15, 0.2) is 6.10 Å². The Morgan fingerprint density at radius 2 is 1.86 bits per heavy atom. The summed E-state index contributed by atoms with van der Waals surface area (Å²) < 4.78 is 5.55. The highest BCUT2D eigenvalue weighted by molar-refractivity contribution is 6.30. The fourth-order valence-electron chi connectivity index (χ4n) is 1.93. The molecule has 0 heterocycles. The second-order valence-electron chi connectivity index (χ2n) is 5.16. The summed E-state index contributed by atoms with van der Waals surface area (Å²) >= 11 is 5.78. The van der Waals surface area contributed by atoms with Crippen LogP contribution in [0.1, 0.15) is 27.7 Å². The number of carboxylic acid groups (broad SMARTS) is 1. The molecule has 0 saturated carbocycles. The van der Waals surface area contributed by atoms with Gasteiger partial charge in [-0.25, -0.2) is 4.79 Å². The van der Waals surface area contributed by atoms with Crippen LogP contribution < -0.4 is 4.74 Å². The Balaban J connectivity index is 2.85. The van der Waals surface area contributed by atoms with Gasteiger partial charge in [0.2, 0.25) is 0 Å². The molecule has 0 aliphatic rings. The molecule has 1 aromatic carbocycles. The molecule has 5 nitrogen and oxygen atoms in total. The van der Waals surface area contributed by atoms with Crippen molar-refractivity contribution in [3.63, 3.8) is 0 Å². The molecule has 1 N–H and O–H groups in total. The van der Waals surface area contributed by atoms with Gasteiger partial charge in [0.1, 0.15) is 11.3 Å². The van der Waals surface area contributed by atoms with Crippen LogP contribution in [0, 0.1) is 0 Å². The highest BCUT2D eigenvalue weighted by Gasteiger charge is 2.38. The van der Waals surface area contributed by atoms with E-state index in [1.54, 1.807) is 38.1 Å². The summed E-state index contributed by atoms with van der Waals surface area (Å²) in [6.07, 6.45) is -0.787. The molecule has 0 aliphatic carbocycles. The maximum atomic E-state index is 12.4. The summed E-state index contributed by atoms with van der Waals surface area (Å²) in [5.74, 6) is -0.930. The van der Waals surface area contributed by atoms with E-state index in [0.717, 1.165) is 0 Å². The monoisotopic (exact) mass is 313 g/mol. The second kappa shape index (κ2) is 6.80. The van der Waals surface area contributed by atoms with Crippen LogP contribution in [0.2, 0.25) is 5.02 Å². The van der Waals surface area contributed by atoms with Gasteiger partial charge in [0.05, 0.1) is 0 Å². The van der Waals surface area contributed by atoms with Gasteiger partial charge in [-0.15, -0.1) is 0 Å². The van der Waals surface area contributed by atoms with E-state index in [1.807, 2.05) is 0 Å². The fourth-order valence-corrected chi connectivity index (χ4v) is 2.06. The van der Waals surface area contributed by atoms with Crippen molar-refractivity contribution in [1.82, 2.24) is 4.90 Å². The van der Waals surface area contributed by atoms with Gasteiger partial charge in [-0.1, -0.05) is 11.6 Å². The number of carbonyl (C=O) groups is 2. The van der Waals surface area contributed by atoms with Crippen LogP contribution >= 0.6 is 11.6 Å². The first-order valence-electron chi connectivity index (χ1n) is 6.67. The van der Waals surface area contributed by atoms with Crippen molar-refractivity contribution in [1.29, 1.82) is 0 Å². The van der Waals surface area contributed by atoms with Crippen LogP contribution in [-0.4, -0.2) is 40.1 Å². The summed E-state index contributed by atoms with van der Waals surface area (Å²) in [5, 5.41) is 9.82. The second-order valence-corrected chi connectivity index (χ2v) is 5.60. The first-order chi connectivity index (χ1) is 9.70. The molecular weight excluding hydrogens is 294 g/mol. The summed E-state index contributed by atoms with van der Waals surface area (Å²) in [6.45, 7) is 6.60. The molecule has 116 valence electrons. The molecular formula is C15H20ClNO4. The molecule has 1 unspecified atom stereocenters. The predicted molar refractivity (Wildman–Crippen MR) is 80.6 cm³/mol. The maximum absolute atomic E-state index is 12.4. The zero-order chi connectivity index (χ0) is 16.2. The normalized spacial score (nSPS) is 12.6. The predicted octanol–water partition coefficient (Wildman–Crippen LogP) is 2.82. The number of rotatable bonds is 6. The number of hydrogen-bond donors (Lipinski definition) is 1. The summed E-state index contributed by atoms with van der Waals surface area (Å²) in [7, 11) is 0. The molecule has 0 saturated heterocycles. The molecule has 1 amide bonds. The van der Waals surface area contributed by atoms with E-state index in [-0.39, 0.29) is 12.5 Å². The van der Waals surface area contributed by atoms with Gasteiger partial charge < -0.3 is 14.7 Å². The zero-order valence-corrected chi connectivity index (χ0v) is 13.3. The lowest BCUT2D eigenvalue weighted by Gasteiger charge is -2.35. The van der Waals surface area contributed by atoms with Gasteiger partial charge in [-0.3, -0.25) is 4.79 Å². The van der Waals surface area contributed by atoms with E-state index >= 15 is 0 Å². The van der Waals surface area contributed by atoms with Crippen LogP contribution in [-0.2, 0) is 9.59 Å². The Morgan fingerprint density at radius 1 is 1.33 bits per heavy atom. The van der Waals surface area contributed by atoms with Crippen molar-refractivity contribution in [3.8, 4) is 5.75 Å². The number of hydrogen-bond acceptors (Lipinski definition) is 3. The SMILES string of the molecule is CCN(C(=O)C(C)Oc1ccc(Cl)cc1)C(C)(C)C(=O)O. The highest BCUT2D eigenvalue weighted by atomic mass is 35.5. The molecule has 1 rings (SSSR count). The third kappa shape index (κ3) is 4.11. The molecule has 0 fully saturated rings. The minimum atomic E-state index is -1.29. The first kappa shape index (κ1) is 17.3. The minimum absolute atomic E-state index is 0.284. The smallest absolute Gasteiger partial charge is 0.329 e. The van der Waals surface area contributed by atoms with Crippen molar-refractivity contribution in [2.75, 3.05) is 6.54 Å². The van der Waals surface area contributed by atoms with Crippen LogP contribution in [0.5, 0.6) is 5.75 Å². The highest BCUT2D eigenvalue weighted by Crippen LogP contribution is 2.20. The van der Waals surface area contributed by atoms with Crippen LogP contribution in [0.15, 0.2) is 24.3 Å². The largest absolute Gasteiger partial charge is 0.481 e. The molecule has 0 spiro atoms. The van der Waals surface area contributed by atoms with Crippen molar-refractivity contribution in [2.45, 2.75) is 39.3 Å². The lowest BCUT2D eigenvalue weighted by Crippen LogP contribution is -2.56. The maximum Gasteiger partial charge on any atom is 0.329 e. The summed E-state index contributed by atoms with van der Waals surface area (Å²) in [6, 6.07) is 6.63. The molecule has 0 radical (unpaired) electrons. The fraction of sp³-hybridized carbons (Fsp3) is 0.467. The number of nitrogens with zero attached hydrogens (tertiary/aromatic N) is 1. The first-order valence-corrected chi connectivity index (χ1v) is 7.05. The van der Waals surface area contributed by atoms with E-state index < -0.39 is 17.6 Å². The topological polar surface area (TPSA) is 66.8 Å². The van der Waals surface area contributed by atoms with Crippen LogP contribution in [0.25, 0.3) is 0 Å². The number of likely N-dealkylation sites (N-methyl/N-ethyl adjacent to an activating group) is 1. The Hall–Kier alpha value is -1.75. The zero-order valence-electron chi connectivity index (χ0n) is 12.6. The molecule has 6 heteroatoms. The minimum Gasteiger partial charge on any atom is -0.481 e. The van der Waals surface area contributed by atoms with Crippen LogP contribution in [0.3, 0.4) is 0 Å². The third-order valence-corrected chi connectivity index (χ3v) is 3.51. The Kier molecular flexibility index (Phi) is 5.61. The van der Waals surface area contributed by atoms with Gasteiger partial charge >= 0.3 is 5.97 Å². The molecule has 0 aromatic heterocycles. The number of carboxylic acids is 1. The number of carbonyl (C=O) groups excluding carboxylic acids is 1. The standard InChI is InChI=1S/C15H20ClNO4/c1-5-17(15(3,4)14(19)20)13(18)10(2)21-12-8-6-11(16)7-9-12/h6-10H,5H2,1-4H3,(H,19,20). The average Bonchev–Trinajstić information content (AvgIpc) is 2.41. The molecule has 1 atom stereocenters. The Morgan fingerprint density at radius 3 is 2.29 bits per heavy atom. The number of ether oxygens (including phenoxy) is 1. The quantitative estimate of drug-likeness (QED) is 0.877. The van der Waals surface area contributed by atoms with Gasteiger partial charge in [0, 0.05) is 11.6 Å². The van der Waals surface area contributed by atoms with Crippen molar-refractivity contribution in [3.05, 3.63) is 29.3 Å². The lowest BCUT2D eigenvalue weighted by atomic mass is 10.0. The summed E-state index contributed by atoms with van der Waals surface area (Å²) in [4.78, 5) is 25.0. The van der Waals surface area contributed by atoms with E-state index in [2.05, 4.69) is 0 Å². The van der Waals surface area contributed by atoms with E-state index in [0.29, 0.717) is 10.8 Å². The number of amides is 1. The van der Waals surface area contributed by atoms with E-state index in [1.165, 1.54) is 18.7 Å². The molecule has 1 aromatic rings. The number of benzene rings is 1. The number of aliphatic carboxylic acids is 1. The molecule has 0 aliphatic heterocycles. The van der Waals surface area contributed by atoms with E-state index in [9.17, 15) is 14.7 Å². The number of halogens is 1. The van der Waals surface area contributed by atoms with Crippen molar-refractivity contribution < 1.29 is 19.4 Å². The van der Waals surface area contributed by atoms with Gasteiger partial charge in [-0.2, -0.15) is 0 Å². The van der Waals surface area contributed by atoms with Crippen molar-refractivity contribution >= 4 is 23.5 Å². The Bertz CT molecular complexity index is 513. The van der Waals surface area contributed by atoms with Gasteiger partial charge in [0.25, 0.3) is 5.91 Å². The molecule has 0 bridgehead atoms. The third-order valence-electron chi connectivity index (χ3n) is 3.25. The average molecular weight is 314 g/mol. The summed E-state index contributed by atoms with van der Waals surface area (Å²) in [5.41, 5.74) is -1.29. The van der Waals surface area contributed by atoms with Crippen molar-refractivity contribution in [2.24, 2.45) is 0 Å². The van der Waals surface area contributed by atoms with E-state index in [4.69, 9.17) is 16.3 Å². The molecule has 21 heavy (non-hydrogen) atoms. The Labute approximate surface area is 129 Å². The lowest BCUT2D eigenvalue weighted by molar-refractivity contribution is -0.159.